The van der Waals surface area contributed by atoms with Crippen LogP contribution in [0.15, 0.2) is 42.5 Å². The van der Waals surface area contributed by atoms with Gasteiger partial charge in [-0.05, 0) is 37.1 Å². The summed E-state index contributed by atoms with van der Waals surface area (Å²) < 4.78 is 0. The molecule has 2 aromatic rings. The highest BCUT2D eigenvalue weighted by Crippen LogP contribution is 2.19. The number of rotatable bonds is 1. The molecule has 0 unspecified atom stereocenters. The summed E-state index contributed by atoms with van der Waals surface area (Å²) in [6, 6.07) is 13.6. The van der Waals surface area contributed by atoms with Crippen molar-refractivity contribution in [1.29, 1.82) is 0 Å². The van der Waals surface area contributed by atoms with E-state index in [9.17, 15) is 4.79 Å². The Morgan fingerprint density at radius 3 is 2.74 bits per heavy atom. The van der Waals surface area contributed by atoms with Gasteiger partial charge in [-0.25, -0.2) is 0 Å². The quantitative estimate of drug-likeness (QED) is 0.781. The monoisotopic (exact) mass is 252 g/mol. The van der Waals surface area contributed by atoms with Crippen LogP contribution in [0, 0.1) is 6.92 Å². The molecule has 3 nitrogen and oxygen atoms in total. The zero-order chi connectivity index (χ0) is 13.2. The fraction of sp³-hybridized carbons (Fsp3) is 0.250. The lowest BCUT2D eigenvalue weighted by Crippen LogP contribution is -2.36. The van der Waals surface area contributed by atoms with Gasteiger partial charge in [-0.1, -0.05) is 24.3 Å². The minimum Gasteiger partial charge on any atom is -0.332 e. The Labute approximate surface area is 112 Å². The summed E-state index contributed by atoms with van der Waals surface area (Å²) in [6.45, 7) is 3.37. The van der Waals surface area contributed by atoms with Gasteiger partial charge in [-0.2, -0.15) is 0 Å². The number of benzene rings is 1. The van der Waals surface area contributed by atoms with Crippen LogP contribution < -0.4 is 0 Å². The number of aromatic nitrogens is 1. The van der Waals surface area contributed by atoms with Crippen LogP contribution in [0.3, 0.4) is 0 Å². The van der Waals surface area contributed by atoms with Crippen molar-refractivity contribution in [2.45, 2.75) is 19.9 Å². The lowest BCUT2D eigenvalue weighted by molar-refractivity contribution is 0.0732. The molecular weight excluding hydrogens is 236 g/mol. The Bertz CT molecular complexity index is 607. The number of aryl methyl sites for hydroxylation is 1. The van der Waals surface area contributed by atoms with Crippen molar-refractivity contribution in [3.05, 3.63) is 65.0 Å². The molecule has 0 saturated carbocycles. The van der Waals surface area contributed by atoms with Gasteiger partial charge >= 0.3 is 0 Å². The van der Waals surface area contributed by atoms with Crippen LogP contribution in [0.2, 0.25) is 0 Å². The second kappa shape index (κ2) is 4.84. The van der Waals surface area contributed by atoms with Crippen LogP contribution in [-0.2, 0) is 13.0 Å². The zero-order valence-electron chi connectivity index (χ0n) is 11.0. The van der Waals surface area contributed by atoms with E-state index in [0.717, 1.165) is 29.9 Å². The van der Waals surface area contributed by atoms with Gasteiger partial charge in [-0.3, -0.25) is 9.78 Å². The van der Waals surface area contributed by atoms with Gasteiger partial charge in [-0.15, -0.1) is 0 Å². The number of carbonyl (C=O) groups is 1. The summed E-state index contributed by atoms with van der Waals surface area (Å²) in [5, 5.41) is 0. The highest BCUT2D eigenvalue weighted by atomic mass is 16.2. The van der Waals surface area contributed by atoms with E-state index in [2.05, 4.69) is 11.1 Å². The van der Waals surface area contributed by atoms with Crippen molar-refractivity contribution in [1.82, 2.24) is 9.88 Å². The summed E-state index contributed by atoms with van der Waals surface area (Å²) in [5.41, 5.74) is 4.06. The van der Waals surface area contributed by atoms with E-state index in [4.69, 9.17) is 0 Å². The van der Waals surface area contributed by atoms with Gasteiger partial charge in [0.05, 0.1) is 12.2 Å². The SMILES string of the molecule is Cc1ccc2c(n1)CN(C(=O)c1ccccc1)CC2. The lowest BCUT2D eigenvalue weighted by atomic mass is 10.0. The molecule has 1 aromatic carbocycles. The number of nitrogens with zero attached hydrogens (tertiary/aromatic N) is 2. The fourth-order valence-corrected chi connectivity index (χ4v) is 2.46. The third kappa shape index (κ3) is 2.36. The molecule has 0 atom stereocenters. The van der Waals surface area contributed by atoms with Crippen molar-refractivity contribution in [3.8, 4) is 0 Å². The first-order valence-electron chi connectivity index (χ1n) is 6.54. The average molecular weight is 252 g/mol. The molecule has 3 heteroatoms. The van der Waals surface area contributed by atoms with E-state index in [1.807, 2.05) is 48.2 Å². The molecule has 0 N–H and O–H groups in total. The lowest BCUT2D eigenvalue weighted by Gasteiger charge is -2.28. The summed E-state index contributed by atoms with van der Waals surface area (Å²) in [4.78, 5) is 18.8. The number of pyridine rings is 1. The number of carbonyl (C=O) groups excluding carboxylic acids is 1. The Hall–Kier alpha value is -2.16. The maximum absolute atomic E-state index is 12.4. The highest BCUT2D eigenvalue weighted by Gasteiger charge is 2.22. The molecule has 1 aromatic heterocycles. The Balaban J connectivity index is 1.84. The predicted molar refractivity (Wildman–Crippen MR) is 73.9 cm³/mol. The first-order valence-corrected chi connectivity index (χ1v) is 6.54. The highest BCUT2D eigenvalue weighted by molar-refractivity contribution is 5.94. The van der Waals surface area contributed by atoms with E-state index in [-0.39, 0.29) is 5.91 Å². The second-order valence-electron chi connectivity index (χ2n) is 4.90. The maximum Gasteiger partial charge on any atom is 0.254 e. The minimum absolute atomic E-state index is 0.0922. The number of hydrogen-bond donors (Lipinski definition) is 0. The van der Waals surface area contributed by atoms with Crippen molar-refractivity contribution in [3.63, 3.8) is 0 Å². The van der Waals surface area contributed by atoms with Gasteiger partial charge in [0.15, 0.2) is 0 Å². The average Bonchev–Trinajstić information content (AvgIpc) is 2.46. The van der Waals surface area contributed by atoms with Gasteiger partial charge < -0.3 is 4.90 Å². The maximum atomic E-state index is 12.4. The first kappa shape index (κ1) is 11.9. The molecule has 1 aliphatic rings. The van der Waals surface area contributed by atoms with E-state index >= 15 is 0 Å². The number of fused-ring (bicyclic) bond motifs is 1. The largest absolute Gasteiger partial charge is 0.332 e. The van der Waals surface area contributed by atoms with Crippen molar-refractivity contribution in [2.75, 3.05) is 6.54 Å². The van der Waals surface area contributed by atoms with Crippen molar-refractivity contribution < 1.29 is 4.79 Å². The van der Waals surface area contributed by atoms with E-state index in [0.29, 0.717) is 6.54 Å². The van der Waals surface area contributed by atoms with Gasteiger partial charge in [0.25, 0.3) is 5.91 Å². The van der Waals surface area contributed by atoms with E-state index < -0.39 is 0 Å². The topological polar surface area (TPSA) is 33.2 Å². The first-order chi connectivity index (χ1) is 9.24. The zero-order valence-corrected chi connectivity index (χ0v) is 11.0. The molecule has 0 bridgehead atoms. The Morgan fingerprint density at radius 1 is 1.16 bits per heavy atom. The van der Waals surface area contributed by atoms with Crippen LogP contribution in [0.1, 0.15) is 27.3 Å². The van der Waals surface area contributed by atoms with Crippen molar-refractivity contribution >= 4 is 5.91 Å². The molecule has 19 heavy (non-hydrogen) atoms. The third-order valence-electron chi connectivity index (χ3n) is 3.51. The number of hydrogen-bond acceptors (Lipinski definition) is 2. The Kier molecular flexibility index (Phi) is 3.03. The van der Waals surface area contributed by atoms with Gasteiger partial charge in [0.1, 0.15) is 0 Å². The molecule has 96 valence electrons. The molecule has 1 amide bonds. The van der Waals surface area contributed by atoms with E-state index in [1.54, 1.807) is 0 Å². The molecule has 0 fully saturated rings. The minimum atomic E-state index is 0.0922. The predicted octanol–water partition coefficient (Wildman–Crippen LogP) is 2.59. The summed E-state index contributed by atoms with van der Waals surface area (Å²) >= 11 is 0. The van der Waals surface area contributed by atoms with Gasteiger partial charge in [0, 0.05) is 17.8 Å². The smallest absolute Gasteiger partial charge is 0.254 e. The summed E-state index contributed by atoms with van der Waals surface area (Å²) in [7, 11) is 0. The molecular formula is C16H16N2O. The second-order valence-corrected chi connectivity index (χ2v) is 4.90. The van der Waals surface area contributed by atoms with Crippen LogP contribution in [0.25, 0.3) is 0 Å². The van der Waals surface area contributed by atoms with E-state index in [1.165, 1.54) is 5.56 Å². The third-order valence-corrected chi connectivity index (χ3v) is 3.51. The van der Waals surface area contributed by atoms with Crippen LogP contribution in [0.5, 0.6) is 0 Å². The van der Waals surface area contributed by atoms with Gasteiger partial charge in [0.2, 0.25) is 0 Å². The van der Waals surface area contributed by atoms with Crippen LogP contribution >= 0.6 is 0 Å². The summed E-state index contributed by atoms with van der Waals surface area (Å²) in [5.74, 6) is 0.0922. The fourth-order valence-electron chi connectivity index (χ4n) is 2.46. The van der Waals surface area contributed by atoms with Crippen molar-refractivity contribution in [2.24, 2.45) is 0 Å². The molecule has 0 spiro atoms. The molecule has 0 radical (unpaired) electrons. The molecule has 2 heterocycles. The van der Waals surface area contributed by atoms with Crippen LogP contribution in [-0.4, -0.2) is 22.3 Å². The summed E-state index contributed by atoms with van der Waals surface area (Å²) in [6.07, 6.45) is 0.890. The molecule has 0 saturated heterocycles. The van der Waals surface area contributed by atoms with Crippen LogP contribution in [0.4, 0.5) is 0 Å². The Morgan fingerprint density at radius 2 is 1.95 bits per heavy atom. The number of amides is 1. The molecule has 1 aliphatic heterocycles. The molecule has 3 rings (SSSR count). The standard InChI is InChI=1S/C16H16N2O/c1-12-7-8-13-9-10-18(11-15(13)17-12)16(19)14-5-3-2-4-6-14/h2-8H,9-11H2,1H3. The molecule has 0 aliphatic carbocycles. The normalized spacial score (nSPS) is 14.1.